The first-order chi connectivity index (χ1) is 13.3. The lowest BCUT2D eigenvalue weighted by molar-refractivity contribution is 0.0259. The van der Waals surface area contributed by atoms with Gasteiger partial charge in [0.2, 0.25) is 0 Å². The number of cyclic esters (lactones) is 1. The Balaban J connectivity index is 1.83. The summed E-state index contributed by atoms with van der Waals surface area (Å²) in [7, 11) is 2.84. The van der Waals surface area contributed by atoms with Gasteiger partial charge in [0, 0.05) is 5.56 Å². The number of carbonyl (C=O) groups excluding carboxylic acids is 2. The van der Waals surface area contributed by atoms with Crippen molar-refractivity contribution in [3.63, 3.8) is 0 Å². The number of nitrogens with zero attached hydrogens (tertiary/aromatic N) is 1. The van der Waals surface area contributed by atoms with Crippen molar-refractivity contribution < 1.29 is 23.8 Å². The Morgan fingerprint density at radius 3 is 2.57 bits per heavy atom. The van der Waals surface area contributed by atoms with Crippen LogP contribution in [0.15, 0.2) is 12.1 Å². The zero-order valence-electron chi connectivity index (χ0n) is 14.4. The van der Waals surface area contributed by atoms with Gasteiger partial charge < -0.3 is 19.9 Å². The van der Waals surface area contributed by atoms with Crippen LogP contribution in [0.1, 0.15) is 32.6 Å². The van der Waals surface area contributed by atoms with Gasteiger partial charge in [-0.1, -0.05) is 34.8 Å². The van der Waals surface area contributed by atoms with E-state index < -0.39 is 18.1 Å². The molecule has 28 heavy (non-hydrogen) atoms. The highest BCUT2D eigenvalue weighted by atomic mass is 35.5. The van der Waals surface area contributed by atoms with Gasteiger partial charge in [-0.05, 0) is 12.1 Å². The number of amides is 1. The van der Waals surface area contributed by atoms with Crippen LogP contribution in [0.5, 0.6) is 11.5 Å². The van der Waals surface area contributed by atoms with E-state index in [1.807, 2.05) is 0 Å². The Bertz CT molecular complexity index is 985. The largest absolute Gasteiger partial charge is 0.493 e. The predicted octanol–water partition coefficient (Wildman–Crippen LogP) is 2.74. The van der Waals surface area contributed by atoms with Gasteiger partial charge >= 0.3 is 5.97 Å². The summed E-state index contributed by atoms with van der Waals surface area (Å²) in [6.07, 6.45) is -0.981. The molecule has 0 saturated carbocycles. The van der Waals surface area contributed by atoms with Crippen LogP contribution in [0.4, 0.5) is 5.69 Å². The number of pyridine rings is 1. The van der Waals surface area contributed by atoms with Crippen molar-refractivity contribution in [3.05, 3.63) is 44.2 Å². The Morgan fingerprint density at radius 2 is 1.93 bits per heavy atom. The molecule has 12 heteroatoms. The second kappa shape index (κ2) is 7.88. The average Bonchev–Trinajstić information content (AvgIpc) is 3.02. The maximum Gasteiger partial charge on any atom is 0.344 e. The number of nitrogens with one attached hydrogen (secondary N) is 2. The summed E-state index contributed by atoms with van der Waals surface area (Å²) in [6, 6.07) is 3.21. The molecule has 0 radical (unpaired) electrons. The van der Waals surface area contributed by atoms with Crippen molar-refractivity contribution in [2.24, 2.45) is 0 Å². The van der Waals surface area contributed by atoms with Crippen LogP contribution >= 0.6 is 34.8 Å². The van der Waals surface area contributed by atoms with Gasteiger partial charge in [0.15, 0.2) is 28.6 Å². The number of hydrogen-bond acceptors (Lipinski definition) is 8. The molecule has 1 amide bonds. The molecule has 1 aromatic carbocycles. The van der Waals surface area contributed by atoms with Crippen LogP contribution in [0.25, 0.3) is 0 Å². The van der Waals surface area contributed by atoms with E-state index in [-0.39, 0.29) is 37.9 Å². The number of benzene rings is 1. The first-order valence-corrected chi connectivity index (χ1v) is 8.75. The number of carbonyl (C=O) groups is 2. The van der Waals surface area contributed by atoms with E-state index in [9.17, 15) is 9.59 Å². The third kappa shape index (κ3) is 3.37. The smallest absolute Gasteiger partial charge is 0.344 e. The lowest BCUT2D eigenvalue weighted by Gasteiger charge is -2.15. The van der Waals surface area contributed by atoms with Gasteiger partial charge in [-0.25, -0.2) is 9.78 Å². The summed E-state index contributed by atoms with van der Waals surface area (Å²) in [5, 5.41) is -0.400. The van der Waals surface area contributed by atoms with Gasteiger partial charge in [-0.3, -0.25) is 10.2 Å². The summed E-state index contributed by atoms with van der Waals surface area (Å²) in [4.78, 5) is 28.4. The van der Waals surface area contributed by atoms with E-state index in [0.29, 0.717) is 11.3 Å². The maximum atomic E-state index is 12.4. The molecule has 0 bridgehead atoms. The van der Waals surface area contributed by atoms with E-state index >= 15 is 0 Å². The van der Waals surface area contributed by atoms with Crippen molar-refractivity contribution in [2.45, 2.75) is 6.23 Å². The topological polar surface area (TPSA) is 125 Å². The van der Waals surface area contributed by atoms with E-state index in [1.54, 1.807) is 12.1 Å². The van der Waals surface area contributed by atoms with Crippen LogP contribution in [0, 0.1) is 0 Å². The van der Waals surface area contributed by atoms with E-state index in [0.717, 1.165) is 0 Å². The number of hydrazine groups is 1. The number of aromatic nitrogens is 1. The molecule has 3 rings (SSSR count). The number of nitrogen functional groups attached to an aromatic ring is 1. The number of rotatable bonds is 5. The van der Waals surface area contributed by atoms with Crippen LogP contribution in [0.3, 0.4) is 0 Å². The SMILES string of the molecule is COc1ccc2c(c1OC)C(=O)O[C@H]2NNC(=O)c1nc(Cl)c(Cl)c(N)c1Cl. The van der Waals surface area contributed by atoms with Crippen molar-refractivity contribution in [2.75, 3.05) is 20.0 Å². The predicted molar refractivity (Wildman–Crippen MR) is 102 cm³/mol. The molecule has 1 aromatic heterocycles. The molecule has 2 heterocycles. The first kappa shape index (κ1) is 20.3. The molecule has 148 valence electrons. The highest BCUT2D eigenvalue weighted by Gasteiger charge is 2.36. The molecular formula is C16H13Cl3N4O5. The molecule has 2 aromatic rings. The van der Waals surface area contributed by atoms with Gasteiger partial charge in [0.25, 0.3) is 5.91 Å². The molecular weight excluding hydrogens is 435 g/mol. The molecule has 9 nitrogen and oxygen atoms in total. The van der Waals surface area contributed by atoms with Crippen molar-refractivity contribution in [1.29, 1.82) is 0 Å². The summed E-state index contributed by atoms with van der Waals surface area (Å²) in [6.45, 7) is 0. The quantitative estimate of drug-likeness (QED) is 0.363. The first-order valence-electron chi connectivity index (χ1n) is 7.61. The Morgan fingerprint density at radius 1 is 1.21 bits per heavy atom. The monoisotopic (exact) mass is 446 g/mol. The van der Waals surface area contributed by atoms with Crippen molar-refractivity contribution in [3.8, 4) is 11.5 Å². The molecule has 0 fully saturated rings. The minimum atomic E-state index is -0.981. The van der Waals surface area contributed by atoms with Gasteiger partial charge in [0.1, 0.15) is 10.6 Å². The summed E-state index contributed by atoms with van der Waals surface area (Å²) >= 11 is 17.7. The molecule has 0 spiro atoms. The van der Waals surface area contributed by atoms with Crippen molar-refractivity contribution in [1.82, 2.24) is 15.8 Å². The van der Waals surface area contributed by atoms with Gasteiger partial charge in [-0.2, -0.15) is 5.43 Å². The normalized spacial score (nSPS) is 15.0. The maximum absolute atomic E-state index is 12.4. The summed E-state index contributed by atoms with van der Waals surface area (Å²) in [5.41, 5.74) is 10.9. The number of nitrogens with two attached hydrogens (primary N) is 1. The average molecular weight is 448 g/mol. The second-order valence-electron chi connectivity index (χ2n) is 5.44. The fraction of sp³-hybridized carbons (Fsp3) is 0.188. The zero-order chi connectivity index (χ0) is 20.6. The third-order valence-electron chi connectivity index (χ3n) is 3.89. The minimum Gasteiger partial charge on any atom is -0.493 e. The van der Waals surface area contributed by atoms with Crippen molar-refractivity contribution >= 4 is 52.4 Å². The molecule has 4 N–H and O–H groups in total. The van der Waals surface area contributed by atoms with Crippen LogP contribution in [0.2, 0.25) is 15.2 Å². The Kier molecular flexibility index (Phi) is 5.71. The third-order valence-corrected chi connectivity index (χ3v) is 5.03. The zero-order valence-corrected chi connectivity index (χ0v) is 16.7. The molecule has 1 aliphatic heterocycles. The fourth-order valence-electron chi connectivity index (χ4n) is 2.58. The number of hydrogen-bond donors (Lipinski definition) is 3. The van der Waals surface area contributed by atoms with Crippen LogP contribution in [-0.4, -0.2) is 31.1 Å². The molecule has 0 aliphatic carbocycles. The molecule has 1 aliphatic rings. The Hall–Kier alpha value is -2.46. The van der Waals surface area contributed by atoms with E-state index in [1.165, 1.54) is 14.2 Å². The fourth-order valence-corrected chi connectivity index (χ4v) is 3.17. The minimum absolute atomic E-state index is 0.0594. The number of fused-ring (bicyclic) bond motifs is 1. The summed E-state index contributed by atoms with van der Waals surface area (Å²) in [5.74, 6) is -0.819. The molecule has 0 unspecified atom stereocenters. The van der Waals surface area contributed by atoms with Gasteiger partial charge in [-0.15, -0.1) is 0 Å². The van der Waals surface area contributed by atoms with Crippen LogP contribution < -0.4 is 26.1 Å². The van der Waals surface area contributed by atoms with Gasteiger partial charge in [0.05, 0.1) is 24.9 Å². The van der Waals surface area contributed by atoms with Crippen LogP contribution in [-0.2, 0) is 4.74 Å². The standard InChI is InChI=1S/C16H13Cl3N4O5/c1-26-6-4-3-5-7(12(6)27-2)16(25)28-15(5)23-22-14(24)11-8(17)10(20)9(18)13(19)21-11/h3-4,15,23H,1-2H3,(H2,20,21)(H,22,24)/t15-/m1/s1. The summed E-state index contributed by atoms with van der Waals surface area (Å²) < 4.78 is 15.6. The van der Waals surface area contributed by atoms with E-state index in [4.69, 9.17) is 54.7 Å². The lowest BCUT2D eigenvalue weighted by Crippen LogP contribution is -2.40. The molecule has 1 atom stereocenters. The number of halogens is 3. The lowest BCUT2D eigenvalue weighted by atomic mass is 10.1. The highest BCUT2D eigenvalue weighted by molar-refractivity contribution is 6.46. The Labute approximate surface area is 174 Å². The molecule has 0 saturated heterocycles. The number of methoxy groups -OCH3 is 2. The number of ether oxygens (including phenoxy) is 3. The highest BCUT2D eigenvalue weighted by Crippen LogP contribution is 2.40. The van der Waals surface area contributed by atoms with E-state index in [2.05, 4.69) is 15.8 Å². The second-order valence-corrected chi connectivity index (χ2v) is 6.56. The number of esters is 1. The number of anilines is 1.